The van der Waals surface area contributed by atoms with Gasteiger partial charge < -0.3 is 0 Å². The van der Waals surface area contributed by atoms with E-state index in [1.807, 2.05) is 38.1 Å². The van der Waals surface area contributed by atoms with Gasteiger partial charge in [-0.25, -0.2) is 0 Å². The van der Waals surface area contributed by atoms with Gasteiger partial charge in [-0.05, 0) is 59.6 Å². The maximum Gasteiger partial charge on any atom is 0.204 e. The zero-order valence-electron chi connectivity index (χ0n) is 9.38. The first-order chi connectivity index (χ1) is 7.99. The van der Waals surface area contributed by atoms with Crippen LogP contribution in [0.15, 0.2) is 33.2 Å². The minimum absolute atomic E-state index is 0.0746. The molecule has 0 fully saturated rings. The molecule has 1 aromatic carbocycles. The van der Waals surface area contributed by atoms with Crippen molar-refractivity contribution in [1.82, 2.24) is 0 Å². The minimum atomic E-state index is 0.0746. The van der Waals surface area contributed by atoms with Crippen LogP contribution >= 0.6 is 43.2 Å². The molecule has 2 rings (SSSR count). The molecule has 1 nitrogen and oxygen atoms in total. The summed E-state index contributed by atoms with van der Waals surface area (Å²) in [4.78, 5) is 14.2. The van der Waals surface area contributed by atoms with E-state index in [1.54, 1.807) is 0 Å². The number of carbonyl (C=O) groups excluding carboxylic acids is 1. The van der Waals surface area contributed by atoms with Crippen molar-refractivity contribution in [1.29, 1.82) is 0 Å². The highest BCUT2D eigenvalue weighted by Gasteiger charge is 2.15. The monoisotopic (exact) mass is 372 g/mol. The van der Waals surface area contributed by atoms with Gasteiger partial charge in [0.25, 0.3) is 0 Å². The standard InChI is InChI=1S/C13H10Br2OS/c1-7-5-9(3-4-10(7)14)12(16)13-11(15)6-8(2)17-13/h3-6H,1-2H3. The molecule has 0 saturated carbocycles. The van der Waals surface area contributed by atoms with E-state index in [0.717, 1.165) is 29.8 Å². The molecule has 0 spiro atoms. The van der Waals surface area contributed by atoms with Crippen LogP contribution in [0.2, 0.25) is 0 Å². The van der Waals surface area contributed by atoms with Crippen LogP contribution in [0.25, 0.3) is 0 Å². The highest BCUT2D eigenvalue weighted by atomic mass is 79.9. The first kappa shape index (κ1) is 13.0. The molecule has 0 aliphatic carbocycles. The number of rotatable bonds is 2. The van der Waals surface area contributed by atoms with Crippen molar-refractivity contribution in [2.45, 2.75) is 13.8 Å². The Balaban J connectivity index is 2.44. The summed E-state index contributed by atoms with van der Waals surface area (Å²) in [5.74, 6) is 0.0746. The van der Waals surface area contributed by atoms with Gasteiger partial charge >= 0.3 is 0 Å². The molecule has 4 heteroatoms. The highest BCUT2D eigenvalue weighted by molar-refractivity contribution is 9.10. The number of hydrogen-bond acceptors (Lipinski definition) is 2. The molecule has 17 heavy (non-hydrogen) atoms. The van der Waals surface area contributed by atoms with Gasteiger partial charge in [-0.3, -0.25) is 4.79 Å². The van der Waals surface area contributed by atoms with E-state index in [2.05, 4.69) is 31.9 Å². The zero-order chi connectivity index (χ0) is 12.6. The van der Waals surface area contributed by atoms with E-state index in [0.29, 0.717) is 0 Å². The maximum absolute atomic E-state index is 12.3. The predicted octanol–water partition coefficient (Wildman–Crippen LogP) is 5.12. The Morgan fingerprint density at radius 3 is 2.35 bits per heavy atom. The molecule has 0 amide bonds. The van der Waals surface area contributed by atoms with E-state index in [-0.39, 0.29) is 5.78 Å². The number of ketones is 1. The second kappa shape index (κ2) is 5.04. The summed E-state index contributed by atoms with van der Waals surface area (Å²) in [7, 11) is 0. The lowest BCUT2D eigenvalue weighted by molar-refractivity contribution is 0.104. The van der Waals surface area contributed by atoms with E-state index < -0.39 is 0 Å². The molecule has 0 aliphatic heterocycles. The Hall–Kier alpha value is -0.450. The molecule has 0 atom stereocenters. The summed E-state index contributed by atoms with van der Waals surface area (Å²) in [5.41, 5.74) is 1.80. The summed E-state index contributed by atoms with van der Waals surface area (Å²) in [5, 5.41) is 0. The van der Waals surface area contributed by atoms with Gasteiger partial charge in [-0.2, -0.15) is 0 Å². The van der Waals surface area contributed by atoms with Crippen LogP contribution in [-0.4, -0.2) is 5.78 Å². The maximum atomic E-state index is 12.3. The Kier molecular flexibility index (Phi) is 3.85. The third-order valence-corrected chi connectivity index (χ3v) is 5.26. The summed E-state index contributed by atoms with van der Waals surface area (Å²) < 4.78 is 1.90. The largest absolute Gasteiger partial charge is 0.288 e. The Labute approximate surface area is 121 Å². The number of halogens is 2. The average Bonchev–Trinajstić information content (AvgIpc) is 2.61. The summed E-state index contributed by atoms with van der Waals surface area (Å²) in [6.07, 6.45) is 0. The van der Waals surface area contributed by atoms with Crippen LogP contribution in [0, 0.1) is 13.8 Å². The third kappa shape index (κ3) is 2.69. The van der Waals surface area contributed by atoms with E-state index in [4.69, 9.17) is 0 Å². The molecule has 0 unspecified atom stereocenters. The van der Waals surface area contributed by atoms with Crippen molar-refractivity contribution in [2.24, 2.45) is 0 Å². The fourth-order valence-electron chi connectivity index (χ4n) is 1.56. The highest BCUT2D eigenvalue weighted by Crippen LogP contribution is 2.29. The van der Waals surface area contributed by atoms with Gasteiger partial charge in [0.2, 0.25) is 5.78 Å². The molecular formula is C13H10Br2OS. The number of hydrogen-bond donors (Lipinski definition) is 0. The molecule has 0 N–H and O–H groups in total. The Morgan fingerprint density at radius 1 is 1.12 bits per heavy atom. The number of benzene rings is 1. The smallest absolute Gasteiger partial charge is 0.204 e. The van der Waals surface area contributed by atoms with Gasteiger partial charge in [0.1, 0.15) is 0 Å². The fourth-order valence-corrected chi connectivity index (χ4v) is 3.59. The Bertz CT molecular complexity index is 587. The fraction of sp³-hybridized carbons (Fsp3) is 0.154. The van der Waals surface area contributed by atoms with Crippen LogP contribution in [0.3, 0.4) is 0 Å². The van der Waals surface area contributed by atoms with E-state index in [1.165, 1.54) is 11.3 Å². The second-order valence-corrected chi connectivity index (χ2v) is 6.79. The molecular weight excluding hydrogens is 364 g/mol. The lowest BCUT2D eigenvalue weighted by atomic mass is 10.1. The van der Waals surface area contributed by atoms with Crippen LogP contribution in [0.5, 0.6) is 0 Å². The molecule has 1 aromatic heterocycles. The van der Waals surface area contributed by atoms with Crippen molar-refractivity contribution >= 4 is 49.0 Å². The van der Waals surface area contributed by atoms with Gasteiger partial charge in [0.15, 0.2) is 0 Å². The quantitative estimate of drug-likeness (QED) is 0.667. The van der Waals surface area contributed by atoms with Crippen molar-refractivity contribution in [2.75, 3.05) is 0 Å². The number of thiophene rings is 1. The summed E-state index contributed by atoms with van der Waals surface area (Å²) in [6.45, 7) is 3.98. The molecule has 0 bridgehead atoms. The van der Waals surface area contributed by atoms with Gasteiger partial charge in [-0.15, -0.1) is 11.3 Å². The lowest BCUT2D eigenvalue weighted by Gasteiger charge is -2.02. The van der Waals surface area contributed by atoms with Crippen LogP contribution in [0.1, 0.15) is 25.7 Å². The summed E-state index contributed by atoms with van der Waals surface area (Å²) >= 11 is 8.38. The predicted molar refractivity (Wildman–Crippen MR) is 79.1 cm³/mol. The van der Waals surface area contributed by atoms with Crippen molar-refractivity contribution in [3.8, 4) is 0 Å². The van der Waals surface area contributed by atoms with E-state index in [9.17, 15) is 4.79 Å². The number of carbonyl (C=O) groups is 1. The van der Waals surface area contributed by atoms with Crippen molar-refractivity contribution in [3.63, 3.8) is 0 Å². The topological polar surface area (TPSA) is 17.1 Å². The normalized spacial score (nSPS) is 10.6. The van der Waals surface area contributed by atoms with Gasteiger partial charge in [0, 0.05) is 19.4 Å². The zero-order valence-corrected chi connectivity index (χ0v) is 13.4. The second-order valence-electron chi connectivity index (χ2n) is 3.83. The average molecular weight is 374 g/mol. The first-order valence-electron chi connectivity index (χ1n) is 5.06. The van der Waals surface area contributed by atoms with Crippen LogP contribution < -0.4 is 0 Å². The van der Waals surface area contributed by atoms with E-state index >= 15 is 0 Å². The minimum Gasteiger partial charge on any atom is -0.288 e. The molecule has 2 aromatic rings. The molecule has 0 radical (unpaired) electrons. The van der Waals surface area contributed by atoms with Crippen molar-refractivity contribution < 1.29 is 4.79 Å². The number of aryl methyl sites for hydroxylation is 2. The molecule has 0 saturated heterocycles. The SMILES string of the molecule is Cc1cc(Br)c(C(=O)c2ccc(Br)c(C)c2)s1. The van der Waals surface area contributed by atoms with Gasteiger partial charge in [-0.1, -0.05) is 15.9 Å². The first-order valence-corrected chi connectivity index (χ1v) is 7.46. The molecule has 88 valence electrons. The summed E-state index contributed by atoms with van der Waals surface area (Å²) in [6, 6.07) is 7.65. The van der Waals surface area contributed by atoms with Crippen LogP contribution in [0.4, 0.5) is 0 Å². The third-order valence-electron chi connectivity index (χ3n) is 2.44. The lowest BCUT2D eigenvalue weighted by Crippen LogP contribution is -1.99. The molecule has 0 aliphatic rings. The molecule has 1 heterocycles. The van der Waals surface area contributed by atoms with Crippen LogP contribution in [-0.2, 0) is 0 Å². The van der Waals surface area contributed by atoms with Crippen molar-refractivity contribution in [3.05, 3.63) is 54.1 Å². The Morgan fingerprint density at radius 2 is 1.82 bits per heavy atom. The van der Waals surface area contributed by atoms with Gasteiger partial charge in [0.05, 0.1) is 4.88 Å².